The van der Waals surface area contributed by atoms with E-state index in [0.717, 1.165) is 0 Å². The topological polar surface area (TPSA) is 103 Å². The molecule has 1 aliphatic rings. The Hall–Kier alpha value is -2.78. The molecule has 0 spiro atoms. The summed E-state index contributed by atoms with van der Waals surface area (Å²) in [4.78, 5) is 12.0. The molecule has 0 saturated carbocycles. The third-order valence-electron chi connectivity index (χ3n) is 3.70. The predicted octanol–water partition coefficient (Wildman–Crippen LogP) is 1.87. The number of benzene rings is 2. The summed E-state index contributed by atoms with van der Waals surface area (Å²) in [5, 5.41) is 2.62. The molecule has 1 aliphatic heterocycles. The number of ether oxygens (including phenoxy) is 3. The molecule has 0 atom stereocenters. The fraction of sp³-hybridized carbons (Fsp3) is 0.278. The fourth-order valence-electron chi connectivity index (χ4n) is 2.48. The Bertz CT molecular complexity index is 912. The van der Waals surface area contributed by atoms with Crippen LogP contribution < -0.4 is 24.2 Å². The van der Waals surface area contributed by atoms with E-state index < -0.39 is 15.9 Å². The molecular formula is C18H20N2O6S. The summed E-state index contributed by atoms with van der Waals surface area (Å²) in [6.45, 7) is 2.19. The molecule has 0 saturated heterocycles. The van der Waals surface area contributed by atoms with Crippen molar-refractivity contribution in [1.82, 2.24) is 4.72 Å². The van der Waals surface area contributed by atoms with Gasteiger partial charge in [0.05, 0.1) is 18.9 Å². The smallest absolute Gasteiger partial charge is 0.239 e. The monoisotopic (exact) mass is 392 g/mol. The van der Waals surface area contributed by atoms with Crippen molar-refractivity contribution in [3.8, 4) is 17.2 Å². The first kappa shape index (κ1) is 19.0. The minimum atomic E-state index is -3.68. The van der Waals surface area contributed by atoms with E-state index in [1.165, 1.54) is 0 Å². The summed E-state index contributed by atoms with van der Waals surface area (Å²) in [7, 11) is -3.68. The van der Waals surface area contributed by atoms with Gasteiger partial charge in [-0.2, -0.15) is 0 Å². The van der Waals surface area contributed by atoms with Gasteiger partial charge < -0.3 is 19.5 Å². The van der Waals surface area contributed by atoms with Crippen molar-refractivity contribution in [3.63, 3.8) is 0 Å². The molecule has 2 aromatic rings. The minimum absolute atomic E-state index is 0.121. The molecule has 2 N–H and O–H groups in total. The second kappa shape index (κ2) is 8.28. The Morgan fingerprint density at radius 2 is 1.85 bits per heavy atom. The van der Waals surface area contributed by atoms with Crippen molar-refractivity contribution < 1.29 is 27.4 Å². The Kier molecular flexibility index (Phi) is 5.82. The lowest BCUT2D eigenvalue weighted by molar-refractivity contribution is -0.115. The van der Waals surface area contributed by atoms with Gasteiger partial charge in [-0.1, -0.05) is 6.07 Å². The zero-order valence-electron chi connectivity index (χ0n) is 14.7. The highest BCUT2D eigenvalue weighted by atomic mass is 32.2. The predicted molar refractivity (Wildman–Crippen MR) is 99.4 cm³/mol. The molecule has 8 nitrogen and oxygen atoms in total. The molecule has 0 unspecified atom stereocenters. The lowest BCUT2D eigenvalue weighted by Crippen LogP contribution is -2.33. The number of nitrogens with one attached hydrogen (secondary N) is 2. The molecule has 9 heteroatoms. The maximum absolute atomic E-state index is 12.2. The molecular weight excluding hydrogens is 372 g/mol. The lowest BCUT2D eigenvalue weighted by atomic mass is 10.2. The Morgan fingerprint density at radius 1 is 1.11 bits per heavy atom. The van der Waals surface area contributed by atoms with Gasteiger partial charge in [-0.15, -0.1) is 0 Å². The summed E-state index contributed by atoms with van der Waals surface area (Å²) in [6, 6.07) is 11.7. The molecule has 1 heterocycles. The standard InChI is InChI=1S/C18H20N2O6S/c1-2-24-15-6-4-14(5-7-15)20-18(21)10-19-27(22,23)11-13-3-8-16-17(9-13)26-12-25-16/h3-9,19H,2,10-12H2,1H3,(H,20,21). The van der Waals surface area contributed by atoms with E-state index in [2.05, 4.69) is 10.0 Å². The van der Waals surface area contributed by atoms with E-state index in [-0.39, 0.29) is 19.1 Å². The molecule has 1 amide bonds. The lowest BCUT2D eigenvalue weighted by Gasteiger charge is -2.09. The molecule has 27 heavy (non-hydrogen) atoms. The minimum Gasteiger partial charge on any atom is -0.494 e. The normalized spacial score (nSPS) is 12.6. The number of anilines is 1. The van der Waals surface area contributed by atoms with Crippen LogP contribution in [0.25, 0.3) is 0 Å². The summed E-state index contributed by atoms with van der Waals surface area (Å²) in [6.07, 6.45) is 0. The van der Waals surface area contributed by atoms with Crippen molar-refractivity contribution in [2.75, 3.05) is 25.3 Å². The number of fused-ring (bicyclic) bond motifs is 1. The molecule has 0 aliphatic carbocycles. The first-order valence-corrected chi connectivity index (χ1v) is 9.99. The van der Waals surface area contributed by atoms with Gasteiger partial charge in [-0.3, -0.25) is 4.79 Å². The molecule has 144 valence electrons. The molecule has 0 aromatic heterocycles. The first-order valence-electron chi connectivity index (χ1n) is 8.34. The van der Waals surface area contributed by atoms with Gasteiger partial charge in [-0.25, -0.2) is 13.1 Å². The molecule has 0 fully saturated rings. The van der Waals surface area contributed by atoms with E-state index in [4.69, 9.17) is 14.2 Å². The van der Waals surface area contributed by atoms with Gasteiger partial charge in [0.2, 0.25) is 22.7 Å². The van der Waals surface area contributed by atoms with Gasteiger partial charge in [0.1, 0.15) is 5.75 Å². The van der Waals surface area contributed by atoms with Gasteiger partial charge in [-0.05, 0) is 48.9 Å². The van der Waals surface area contributed by atoms with Crippen molar-refractivity contribution in [1.29, 1.82) is 0 Å². The Morgan fingerprint density at radius 3 is 2.59 bits per heavy atom. The van der Waals surface area contributed by atoms with E-state index >= 15 is 0 Å². The Labute approximate surface area is 157 Å². The summed E-state index contributed by atoms with van der Waals surface area (Å²) in [5.41, 5.74) is 1.09. The number of hydrogen-bond acceptors (Lipinski definition) is 6. The van der Waals surface area contributed by atoms with Crippen LogP contribution >= 0.6 is 0 Å². The molecule has 3 rings (SSSR count). The van der Waals surface area contributed by atoms with Crippen molar-refractivity contribution in [2.24, 2.45) is 0 Å². The molecule has 0 radical (unpaired) electrons. The van der Waals surface area contributed by atoms with Crippen LogP contribution in [0.3, 0.4) is 0 Å². The van der Waals surface area contributed by atoms with Crippen LogP contribution in [0.4, 0.5) is 5.69 Å². The van der Waals surface area contributed by atoms with E-state index in [0.29, 0.717) is 35.1 Å². The third kappa shape index (κ3) is 5.35. The van der Waals surface area contributed by atoms with Gasteiger partial charge in [0, 0.05) is 5.69 Å². The molecule has 2 aromatic carbocycles. The van der Waals surface area contributed by atoms with Crippen LogP contribution in [-0.4, -0.2) is 34.3 Å². The van der Waals surface area contributed by atoms with Gasteiger partial charge in [0.15, 0.2) is 11.5 Å². The highest BCUT2D eigenvalue weighted by Gasteiger charge is 2.18. The van der Waals surface area contributed by atoms with Crippen LogP contribution in [0.2, 0.25) is 0 Å². The summed E-state index contributed by atoms with van der Waals surface area (Å²) in [5.74, 6) is 1.06. The van der Waals surface area contributed by atoms with Gasteiger partial charge >= 0.3 is 0 Å². The second-order valence-corrected chi connectivity index (χ2v) is 7.58. The maximum Gasteiger partial charge on any atom is 0.239 e. The van der Waals surface area contributed by atoms with Gasteiger partial charge in [0.25, 0.3) is 0 Å². The first-order chi connectivity index (χ1) is 12.9. The highest BCUT2D eigenvalue weighted by Crippen LogP contribution is 2.32. The van der Waals surface area contributed by atoms with Crippen LogP contribution in [0.5, 0.6) is 17.2 Å². The van der Waals surface area contributed by atoms with Crippen molar-refractivity contribution in [3.05, 3.63) is 48.0 Å². The highest BCUT2D eigenvalue weighted by molar-refractivity contribution is 7.88. The summed E-state index contributed by atoms with van der Waals surface area (Å²) < 4.78 is 42.4. The average Bonchev–Trinajstić information content (AvgIpc) is 3.09. The SMILES string of the molecule is CCOc1ccc(NC(=O)CNS(=O)(=O)Cc2ccc3c(c2)OCO3)cc1. The number of carbonyl (C=O) groups excluding carboxylic acids is 1. The number of sulfonamides is 1. The fourth-order valence-corrected chi connectivity index (χ4v) is 3.55. The average molecular weight is 392 g/mol. The summed E-state index contributed by atoms with van der Waals surface area (Å²) >= 11 is 0. The zero-order valence-corrected chi connectivity index (χ0v) is 15.5. The van der Waals surface area contributed by atoms with Crippen LogP contribution in [-0.2, 0) is 20.6 Å². The second-order valence-electron chi connectivity index (χ2n) is 5.77. The van der Waals surface area contributed by atoms with Crippen molar-refractivity contribution in [2.45, 2.75) is 12.7 Å². The number of amides is 1. The Balaban J connectivity index is 1.51. The number of carbonyl (C=O) groups is 1. The van der Waals surface area contributed by atoms with Crippen molar-refractivity contribution >= 4 is 21.6 Å². The molecule has 0 bridgehead atoms. The van der Waals surface area contributed by atoms with Crippen LogP contribution in [0.15, 0.2) is 42.5 Å². The van der Waals surface area contributed by atoms with Crippen LogP contribution in [0.1, 0.15) is 12.5 Å². The number of hydrogen-bond donors (Lipinski definition) is 2. The maximum atomic E-state index is 12.2. The van der Waals surface area contributed by atoms with E-state index in [9.17, 15) is 13.2 Å². The zero-order chi connectivity index (χ0) is 19.3. The quantitative estimate of drug-likeness (QED) is 0.711. The van der Waals surface area contributed by atoms with E-state index in [1.54, 1.807) is 42.5 Å². The van der Waals surface area contributed by atoms with E-state index in [1.807, 2.05) is 6.92 Å². The number of rotatable bonds is 8. The van der Waals surface area contributed by atoms with Crippen LogP contribution in [0, 0.1) is 0 Å². The third-order valence-corrected chi connectivity index (χ3v) is 4.99. The largest absolute Gasteiger partial charge is 0.494 e.